The van der Waals surface area contributed by atoms with Crippen LogP contribution in [0.25, 0.3) is 44.2 Å². The van der Waals surface area contributed by atoms with Crippen LogP contribution in [0.2, 0.25) is 0 Å². The molecule has 0 radical (unpaired) electrons. The van der Waals surface area contributed by atoms with Crippen LogP contribution < -0.4 is 20.6 Å². The average molecular weight is 945 g/mol. The molecule has 0 amide bonds. The van der Waals surface area contributed by atoms with Gasteiger partial charge in [0.05, 0.1) is 5.69 Å². The van der Waals surface area contributed by atoms with E-state index in [4.69, 9.17) is 4.42 Å². The predicted molar refractivity (Wildman–Crippen MR) is 308 cm³/mol. The first-order valence-electron chi connectivity index (χ1n) is 27.2. The third-order valence-electron chi connectivity index (χ3n) is 19.4. The number of hydrogen-bond acceptors (Lipinski definition) is 3. The molecule has 364 valence electrons. The van der Waals surface area contributed by atoms with Crippen LogP contribution in [0.5, 0.6) is 0 Å². The second kappa shape index (κ2) is 14.8. The zero-order chi connectivity index (χ0) is 50.4. The Hall–Kier alpha value is -6.00. The maximum atomic E-state index is 7.51. The van der Waals surface area contributed by atoms with Crippen molar-refractivity contribution in [1.82, 2.24) is 0 Å². The van der Waals surface area contributed by atoms with Crippen molar-refractivity contribution in [3.8, 4) is 22.3 Å². The fourth-order valence-corrected chi connectivity index (χ4v) is 14.5. The summed E-state index contributed by atoms with van der Waals surface area (Å²) in [4.78, 5) is 5.41. The molecule has 72 heavy (non-hydrogen) atoms. The highest BCUT2D eigenvalue weighted by molar-refractivity contribution is 6.93. The first-order valence-corrected chi connectivity index (χ1v) is 27.2. The van der Waals surface area contributed by atoms with Gasteiger partial charge in [0.2, 0.25) is 0 Å². The molecule has 0 atom stereocenters. The van der Waals surface area contributed by atoms with Gasteiger partial charge in [0.25, 0.3) is 0 Å². The van der Waals surface area contributed by atoms with Crippen molar-refractivity contribution in [2.24, 2.45) is 0 Å². The van der Waals surface area contributed by atoms with Crippen molar-refractivity contribution in [3.05, 3.63) is 160 Å². The first kappa shape index (κ1) is 45.8. The summed E-state index contributed by atoms with van der Waals surface area (Å²) in [5.41, 5.74) is 27.6. The van der Waals surface area contributed by atoms with E-state index in [1.807, 2.05) is 0 Å². The van der Waals surface area contributed by atoms with E-state index in [-0.39, 0.29) is 39.3 Å². The van der Waals surface area contributed by atoms with Gasteiger partial charge in [0.15, 0.2) is 5.58 Å². The Morgan fingerprint density at radius 1 is 0.444 bits per heavy atom. The first-order chi connectivity index (χ1) is 34.0. The molecule has 1 aromatic heterocycles. The summed E-state index contributed by atoms with van der Waals surface area (Å²) in [6.07, 6.45) is 7.03. The fourth-order valence-electron chi connectivity index (χ4n) is 14.5. The molecule has 4 heteroatoms. The predicted octanol–water partition coefficient (Wildman–Crippen LogP) is 17.6. The van der Waals surface area contributed by atoms with Gasteiger partial charge in [-0.05, 0) is 206 Å². The summed E-state index contributed by atoms with van der Waals surface area (Å²) in [6.45, 7) is 33.9. The molecule has 3 nitrogen and oxygen atoms in total. The van der Waals surface area contributed by atoms with E-state index in [9.17, 15) is 0 Å². The number of rotatable bonds is 3. The van der Waals surface area contributed by atoms with Crippen molar-refractivity contribution < 1.29 is 4.42 Å². The standard InChI is InChI=1S/C68H73BN2O/c1-40-32-48-45-22-23-46-47-37-52-54(68(13,14)31-29-66(52,9)10)39-59(47)72-62(46)61(45)71(44-21-24-49-51(36-44)65(7,8)27-26-63(49,3)4)69-55-25-20-43(42-18-16-15-17-19-42)35-57(55)70(58(33-40)60(48)69)56-38-53-50(34-41(56)2)64(5,6)28-30-67(53,11)12/h15-25,32-39H,26-31H2,1-14H3. The maximum absolute atomic E-state index is 7.51. The monoisotopic (exact) mass is 945 g/mol. The summed E-state index contributed by atoms with van der Waals surface area (Å²) in [5.74, 6) is 0. The van der Waals surface area contributed by atoms with Crippen molar-refractivity contribution >= 4 is 68.1 Å². The highest BCUT2D eigenvalue weighted by Crippen LogP contribution is 2.56. The lowest BCUT2D eigenvalue weighted by Crippen LogP contribution is -2.61. The second-order valence-electron chi connectivity index (χ2n) is 27.0. The molecule has 8 aromatic rings. The van der Waals surface area contributed by atoms with Crippen LogP contribution in [0.1, 0.15) is 166 Å². The third kappa shape index (κ3) is 6.48. The minimum Gasteiger partial charge on any atom is -0.454 e. The van der Waals surface area contributed by atoms with Crippen LogP contribution in [0.15, 0.2) is 120 Å². The van der Waals surface area contributed by atoms with Gasteiger partial charge < -0.3 is 14.1 Å². The van der Waals surface area contributed by atoms with Crippen molar-refractivity contribution in [3.63, 3.8) is 0 Å². The van der Waals surface area contributed by atoms with Gasteiger partial charge in [0, 0.05) is 39.1 Å². The zero-order valence-electron chi connectivity index (χ0n) is 45.6. The van der Waals surface area contributed by atoms with E-state index in [0.29, 0.717) is 0 Å². The van der Waals surface area contributed by atoms with Crippen LogP contribution >= 0.6 is 0 Å². The van der Waals surface area contributed by atoms with Gasteiger partial charge in [-0.1, -0.05) is 150 Å². The molecule has 13 rings (SSSR count). The van der Waals surface area contributed by atoms with Gasteiger partial charge >= 0.3 is 6.85 Å². The Balaban J connectivity index is 1.15. The number of benzene rings is 7. The van der Waals surface area contributed by atoms with E-state index in [1.165, 1.54) is 143 Å². The minimum atomic E-state index is -0.143. The van der Waals surface area contributed by atoms with Crippen molar-refractivity contribution in [1.29, 1.82) is 0 Å². The molecule has 7 aromatic carbocycles. The van der Waals surface area contributed by atoms with Crippen LogP contribution in [0, 0.1) is 13.8 Å². The SMILES string of the molecule is Cc1cc2c3c(c1)N(c1cc4c(cc1C)C(C)(C)CCC4(C)C)c1cc(-c4ccccc4)ccc1B3N(c1ccc3c(c1)C(C)(C)CCC3(C)C)c1c-2ccc2c1oc1cc3c(cc12)C(C)(C)CCC3(C)C. The van der Waals surface area contributed by atoms with Gasteiger partial charge in [-0.2, -0.15) is 0 Å². The molecule has 0 saturated heterocycles. The lowest BCUT2D eigenvalue weighted by molar-refractivity contribution is 0.332. The lowest BCUT2D eigenvalue weighted by Gasteiger charge is -2.48. The van der Waals surface area contributed by atoms with E-state index >= 15 is 0 Å². The summed E-state index contributed by atoms with van der Waals surface area (Å²) in [7, 11) is 0. The summed E-state index contributed by atoms with van der Waals surface area (Å²) in [6, 6.07) is 45.8. The van der Waals surface area contributed by atoms with Crippen molar-refractivity contribution in [2.75, 3.05) is 9.71 Å². The fraction of sp³-hybridized carbons (Fsp3) is 0.382. The molecule has 0 fully saturated rings. The number of anilines is 5. The van der Waals surface area contributed by atoms with Crippen LogP contribution in [0.4, 0.5) is 28.4 Å². The molecule has 3 heterocycles. The molecule has 0 N–H and O–H groups in total. The molecule has 0 saturated carbocycles. The largest absolute Gasteiger partial charge is 0.454 e. The Morgan fingerprint density at radius 2 is 1.03 bits per heavy atom. The normalized spacial score (nSPS) is 20.1. The average Bonchev–Trinajstić information content (AvgIpc) is 3.71. The smallest absolute Gasteiger partial charge is 0.333 e. The maximum Gasteiger partial charge on any atom is 0.333 e. The minimum absolute atomic E-state index is 0.0296. The molecule has 0 spiro atoms. The lowest BCUT2D eigenvalue weighted by atomic mass is 9.43. The number of hydrogen-bond donors (Lipinski definition) is 0. The Kier molecular flexibility index (Phi) is 9.44. The number of nitrogens with zero attached hydrogens (tertiary/aromatic N) is 2. The van der Waals surface area contributed by atoms with Gasteiger partial charge in [-0.25, -0.2) is 0 Å². The number of fused-ring (bicyclic) bond motifs is 11. The molecular formula is C68H73BN2O. The van der Waals surface area contributed by atoms with Gasteiger partial charge in [-0.3, -0.25) is 0 Å². The Bertz CT molecular complexity index is 3630. The summed E-state index contributed by atoms with van der Waals surface area (Å²) in [5, 5.41) is 2.41. The molecule has 2 aliphatic heterocycles. The summed E-state index contributed by atoms with van der Waals surface area (Å²) >= 11 is 0. The van der Waals surface area contributed by atoms with E-state index in [0.717, 1.165) is 24.0 Å². The van der Waals surface area contributed by atoms with Crippen LogP contribution in [-0.2, 0) is 32.5 Å². The van der Waals surface area contributed by atoms with Crippen LogP contribution in [0.3, 0.4) is 0 Å². The number of furan rings is 1. The zero-order valence-corrected chi connectivity index (χ0v) is 45.6. The molecule has 3 aliphatic carbocycles. The van der Waals surface area contributed by atoms with Gasteiger partial charge in [0.1, 0.15) is 5.58 Å². The third-order valence-corrected chi connectivity index (χ3v) is 19.4. The van der Waals surface area contributed by atoms with Gasteiger partial charge in [-0.15, -0.1) is 0 Å². The topological polar surface area (TPSA) is 19.6 Å². The van der Waals surface area contributed by atoms with Crippen molar-refractivity contribution in [2.45, 2.75) is 168 Å². The highest BCUT2D eigenvalue weighted by atomic mass is 16.3. The van der Waals surface area contributed by atoms with Crippen LogP contribution in [-0.4, -0.2) is 6.85 Å². The molecular weight excluding hydrogens is 872 g/mol. The van der Waals surface area contributed by atoms with E-state index < -0.39 is 0 Å². The van der Waals surface area contributed by atoms with E-state index in [2.05, 4.69) is 222 Å². The summed E-state index contributed by atoms with van der Waals surface area (Å²) < 4.78 is 7.51. The quantitative estimate of drug-likeness (QED) is 0.165. The highest BCUT2D eigenvalue weighted by Gasteiger charge is 2.49. The Labute approximate surface area is 430 Å². The van der Waals surface area contributed by atoms with E-state index in [1.54, 1.807) is 0 Å². The number of aryl methyl sites for hydroxylation is 2. The molecule has 0 bridgehead atoms. The Morgan fingerprint density at radius 3 is 1.68 bits per heavy atom. The molecule has 0 unspecified atom stereocenters. The second-order valence-corrected chi connectivity index (χ2v) is 27.0. The molecule has 5 aliphatic rings.